The minimum Gasteiger partial charge on any atom is -0.484 e. The first-order valence-electron chi connectivity index (χ1n) is 6.77. The Kier molecular flexibility index (Phi) is 4.46. The number of benzene rings is 2. The van der Waals surface area contributed by atoms with Crippen molar-refractivity contribution in [3.05, 3.63) is 71.9 Å². The monoisotopic (exact) mass is 318 g/mol. The highest BCUT2D eigenvalue weighted by Gasteiger charge is 2.10. The van der Waals surface area contributed by atoms with E-state index in [0.717, 1.165) is 12.1 Å². The van der Waals surface area contributed by atoms with E-state index in [1.807, 2.05) is 18.2 Å². The Bertz CT molecular complexity index is 778. The Balaban J connectivity index is 1.55. The number of nitrogens with zero attached hydrogens (tertiary/aromatic N) is 2. The molecule has 0 aliphatic heterocycles. The van der Waals surface area contributed by atoms with E-state index in [4.69, 9.17) is 13.9 Å². The Morgan fingerprint density at radius 2 is 1.57 bits per heavy atom. The number of hydrogen-bond donors (Lipinski definition) is 0. The van der Waals surface area contributed by atoms with Crippen molar-refractivity contribution in [1.29, 1.82) is 0 Å². The molecule has 0 saturated heterocycles. The zero-order valence-corrected chi connectivity index (χ0v) is 11.9. The second-order valence-corrected chi connectivity index (χ2v) is 4.55. The summed E-state index contributed by atoms with van der Waals surface area (Å²) < 4.78 is 42.2. The normalized spacial score (nSPS) is 10.5. The van der Waals surface area contributed by atoms with E-state index >= 15 is 0 Å². The lowest BCUT2D eigenvalue weighted by atomic mass is 10.3. The van der Waals surface area contributed by atoms with Gasteiger partial charge in [0.25, 0.3) is 11.8 Å². The summed E-state index contributed by atoms with van der Waals surface area (Å²) >= 11 is 0. The first kappa shape index (κ1) is 15.0. The Morgan fingerprint density at radius 1 is 0.870 bits per heavy atom. The zero-order chi connectivity index (χ0) is 16.1. The van der Waals surface area contributed by atoms with E-state index < -0.39 is 11.6 Å². The van der Waals surface area contributed by atoms with Crippen molar-refractivity contribution >= 4 is 0 Å². The SMILES string of the molecule is Fc1ccc(OCc2nnc(COc3ccccc3)o2)c(F)c1. The first-order valence-corrected chi connectivity index (χ1v) is 6.77. The van der Waals surface area contributed by atoms with Crippen LogP contribution in [0.15, 0.2) is 52.9 Å². The van der Waals surface area contributed by atoms with Crippen LogP contribution in [0.1, 0.15) is 11.8 Å². The standard InChI is InChI=1S/C16H12F2N2O3/c17-11-6-7-14(13(18)8-11)22-10-16-20-19-15(23-16)9-21-12-4-2-1-3-5-12/h1-8H,9-10H2. The van der Waals surface area contributed by atoms with Crippen molar-refractivity contribution < 1.29 is 22.7 Å². The van der Waals surface area contributed by atoms with E-state index in [1.165, 1.54) is 6.07 Å². The molecule has 0 spiro atoms. The molecule has 0 saturated carbocycles. The molecule has 2 aromatic carbocycles. The minimum atomic E-state index is -0.794. The number of ether oxygens (including phenoxy) is 2. The number of halogens is 2. The van der Waals surface area contributed by atoms with Gasteiger partial charge in [0, 0.05) is 6.07 Å². The fourth-order valence-electron chi connectivity index (χ4n) is 1.80. The lowest BCUT2D eigenvalue weighted by molar-refractivity contribution is 0.226. The number of rotatable bonds is 6. The third-order valence-electron chi connectivity index (χ3n) is 2.86. The van der Waals surface area contributed by atoms with Crippen molar-refractivity contribution in [2.24, 2.45) is 0 Å². The number of hydrogen-bond acceptors (Lipinski definition) is 5. The van der Waals surface area contributed by atoms with Gasteiger partial charge in [-0.25, -0.2) is 8.78 Å². The zero-order valence-electron chi connectivity index (χ0n) is 11.9. The molecule has 3 rings (SSSR count). The van der Waals surface area contributed by atoms with Crippen LogP contribution in [0.5, 0.6) is 11.5 Å². The van der Waals surface area contributed by atoms with Crippen molar-refractivity contribution in [2.75, 3.05) is 0 Å². The highest BCUT2D eigenvalue weighted by molar-refractivity contribution is 5.24. The molecule has 5 nitrogen and oxygen atoms in total. The molecule has 1 heterocycles. The topological polar surface area (TPSA) is 57.4 Å². The molecule has 0 aliphatic rings. The summed E-state index contributed by atoms with van der Waals surface area (Å²) in [5.74, 6) is -0.443. The summed E-state index contributed by atoms with van der Waals surface area (Å²) in [6.07, 6.45) is 0. The van der Waals surface area contributed by atoms with Gasteiger partial charge in [-0.2, -0.15) is 0 Å². The van der Waals surface area contributed by atoms with Crippen LogP contribution in [0.25, 0.3) is 0 Å². The number of para-hydroxylation sites is 1. The predicted octanol–water partition coefficient (Wildman–Crippen LogP) is 3.51. The molecule has 3 aromatic rings. The smallest absolute Gasteiger partial charge is 0.254 e. The molecule has 0 bridgehead atoms. The minimum absolute atomic E-state index is 0.0910. The lowest BCUT2D eigenvalue weighted by Crippen LogP contribution is -1.98. The second kappa shape index (κ2) is 6.87. The highest BCUT2D eigenvalue weighted by atomic mass is 19.1. The van der Waals surface area contributed by atoms with Crippen molar-refractivity contribution in [2.45, 2.75) is 13.2 Å². The van der Waals surface area contributed by atoms with Crippen LogP contribution in [0.3, 0.4) is 0 Å². The summed E-state index contributed by atoms with van der Waals surface area (Å²) in [5, 5.41) is 7.58. The van der Waals surface area contributed by atoms with Crippen LogP contribution in [0.2, 0.25) is 0 Å². The van der Waals surface area contributed by atoms with E-state index in [1.54, 1.807) is 12.1 Å². The van der Waals surface area contributed by atoms with Gasteiger partial charge >= 0.3 is 0 Å². The fraction of sp³-hybridized carbons (Fsp3) is 0.125. The number of aromatic nitrogens is 2. The molecule has 0 N–H and O–H groups in total. The molecular weight excluding hydrogens is 306 g/mol. The van der Waals surface area contributed by atoms with E-state index in [9.17, 15) is 8.78 Å². The van der Waals surface area contributed by atoms with Crippen LogP contribution >= 0.6 is 0 Å². The van der Waals surface area contributed by atoms with Gasteiger partial charge in [-0.15, -0.1) is 10.2 Å². The molecule has 0 amide bonds. The average Bonchev–Trinajstić information content (AvgIpc) is 3.01. The van der Waals surface area contributed by atoms with Gasteiger partial charge in [0.05, 0.1) is 0 Å². The lowest BCUT2D eigenvalue weighted by Gasteiger charge is -2.04. The van der Waals surface area contributed by atoms with Gasteiger partial charge in [0.1, 0.15) is 11.6 Å². The maximum absolute atomic E-state index is 13.4. The summed E-state index contributed by atoms with van der Waals surface area (Å²) in [7, 11) is 0. The van der Waals surface area contributed by atoms with Crippen LogP contribution < -0.4 is 9.47 Å². The Morgan fingerprint density at radius 3 is 2.26 bits per heavy atom. The van der Waals surface area contributed by atoms with Crippen molar-refractivity contribution in [3.63, 3.8) is 0 Å². The van der Waals surface area contributed by atoms with Crippen LogP contribution in [0, 0.1) is 11.6 Å². The van der Waals surface area contributed by atoms with Crippen molar-refractivity contribution in [3.8, 4) is 11.5 Å². The van der Waals surface area contributed by atoms with E-state index in [-0.39, 0.29) is 30.7 Å². The summed E-state index contributed by atoms with van der Waals surface area (Å²) in [6, 6.07) is 12.2. The van der Waals surface area contributed by atoms with Gasteiger partial charge < -0.3 is 13.9 Å². The van der Waals surface area contributed by atoms with Gasteiger partial charge in [-0.1, -0.05) is 18.2 Å². The fourth-order valence-corrected chi connectivity index (χ4v) is 1.80. The first-order chi connectivity index (χ1) is 11.2. The average molecular weight is 318 g/mol. The summed E-state index contributed by atoms with van der Waals surface area (Å²) in [6.45, 7) is -0.0111. The maximum atomic E-state index is 13.4. The highest BCUT2D eigenvalue weighted by Crippen LogP contribution is 2.19. The molecule has 0 atom stereocenters. The molecule has 0 unspecified atom stereocenters. The van der Waals surface area contributed by atoms with Gasteiger partial charge in [0.2, 0.25) is 0 Å². The van der Waals surface area contributed by atoms with E-state index in [2.05, 4.69) is 10.2 Å². The Hall–Kier alpha value is -2.96. The largest absolute Gasteiger partial charge is 0.484 e. The molecule has 0 radical (unpaired) electrons. The molecule has 0 aliphatic carbocycles. The van der Waals surface area contributed by atoms with Crippen LogP contribution in [-0.4, -0.2) is 10.2 Å². The van der Waals surface area contributed by atoms with Gasteiger partial charge in [-0.3, -0.25) is 0 Å². The Labute approximate surface area is 130 Å². The third-order valence-corrected chi connectivity index (χ3v) is 2.86. The summed E-state index contributed by atoms with van der Waals surface area (Å²) in [5.41, 5.74) is 0. The van der Waals surface area contributed by atoms with Gasteiger partial charge in [0.15, 0.2) is 24.8 Å². The molecule has 118 valence electrons. The molecule has 7 heteroatoms. The molecule has 1 aromatic heterocycles. The van der Waals surface area contributed by atoms with Crippen LogP contribution in [0.4, 0.5) is 8.78 Å². The van der Waals surface area contributed by atoms with Crippen molar-refractivity contribution in [1.82, 2.24) is 10.2 Å². The maximum Gasteiger partial charge on any atom is 0.254 e. The summed E-state index contributed by atoms with van der Waals surface area (Å²) in [4.78, 5) is 0. The quantitative estimate of drug-likeness (QED) is 0.696. The molecular formula is C16H12F2N2O3. The second-order valence-electron chi connectivity index (χ2n) is 4.55. The predicted molar refractivity (Wildman–Crippen MR) is 75.8 cm³/mol. The third kappa shape index (κ3) is 4.03. The molecule has 23 heavy (non-hydrogen) atoms. The molecule has 0 fully saturated rings. The van der Waals surface area contributed by atoms with Crippen LogP contribution in [-0.2, 0) is 13.2 Å². The van der Waals surface area contributed by atoms with E-state index in [0.29, 0.717) is 5.75 Å². The van der Waals surface area contributed by atoms with Gasteiger partial charge in [-0.05, 0) is 24.3 Å².